The van der Waals surface area contributed by atoms with E-state index < -0.39 is 0 Å². The second-order valence-corrected chi connectivity index (χ2v) is 7.54. The summed E-state index contributed by atoms with van der Waals surface area (Å²) < 4.78 is 16.5. The van der Waals surface area contributed by atoms with Crippen molar-refractivity contribution in [2.75, 3.05) is 49.4 Å². The molecule has 35 heavy (non-hydrogen) atoms. The Morgan fingerprint density at radius 2 is 1.91 bits per heavy atom. The zero-order valence-electron chi connectivity index (χ0n) is 20.3. The average molecular weight is 478 g/mol. The lowest BCUT2D eigenvalue weighted by Crippen LogP contribution is -2.27. The van der Waals surface area contributed by atoms with Crippen LogP contribution in [0.3, 0.4) is 0 Å². The molecule has 1 heterocycles. The Labute approximate surface area is 205 Å². The first-order valence-corrected chi connectivity index (χ1v) is 11.3. The largest absolute Gasteiger partial charge is 0.490 e. The number of methoxy groups -OCH3 is 2. The van der Waals surface area contributed by atoms with Crippen molar-refractivity contribution < 1.29 is 19.0 Å². The van der Waals surface area contributed by atoms with Gasteiger partial charge in [0.05, 0.1) is 19.9 Å². The highest BCUT2D eigenvalue weighted by Crippen LogP contribution is 2.31. The van der Waals surface area contributed by atoms with Crippen LogP contribution in [0.2, 0.25) is 0 Å². The molecule has 0 spiro atoms. The number of benzene rings is 2. The normalized spacial score (nSPS) is 10.4. The first kappa shape index (κ1) is 25.5. The number of anilines is 4. The van der Waals surface area contributed by atoms with Crippen molar-refractivity contribution in [3.05, 3.63) is 67.4 Å². The molecule has 0 atom stereocenters. The third-order valence-corrected chi connectivity index (χ3v) is 4.99. The van der Waals surface area contributed by atoms with Gasteiger partial charge in [-0.2, -0.15) is 4.98 Å². The van der Waals surface area contributed by atoms with Crippen molar-refractivity contribution in [2.45, 2.75) is 13.3 Å². The highest BCUT2D eigenvalue weighted by molar-refractivity contribution is 5.98. The molecule has 1 amide bonds. The van der Waals surface area contributed by atoms with Gasteiger partial charge in [0.2, 0.25) is 11.9 Å². The van der Waals surface area contributed by atoms with Gasteiger partial charge in [0.1, 0.15) is 5.75 Å². The number of aromatic nitrogens is 2. The molecule has 0 saturated carbocycles. The molecule has 2 N–H and O–H groups in total. The fourth-order valence-electron chi connectivity index (χ4n) is 3.30. The van der Waals surface area contributed by atoms with Crippen LogP contribution in [0, 0.1) is 0 Å². The van der Waals surface area contributed by atoms with Gasteiger partial charge in [-0.25, -0.2) is 4.98 Å². The van der Waals surface area contributed by atoms with Crippen LogP contribution in [0.15, 0.2) is 67.4 Å². The number of hydrogen-bond acceptors (Lipinski definition) is 8. The van der Waals surface area contributed by atoms with Crippen LogP contribution in [-0.4, -0.2) is 49.8 Å². The highest BCUT2D eigenvalue weighted by atomic mass is 16.5. The van der Waals surface area contributed by atoms with Crippen molar-refractivity contribution in [3.63, 3.8) is 0 Å². The molecule has 2 aromatic carbocycles. The zero-order valence-corrected chi connectivity index (χ0v) is 20.3. The first-order valence-electron chi connectivity index (χ1n) is 11.3. The van der Waals surface area contributed by atoms with Gasteiger partial charge in [-0.05, 0) is 48.9 Å². The van der Waals surface area contributed by atoms with E-state index in [4.69, 9.17) is 14.2 Å². The Bertz CT molecular complexity index is 1120. The van der Waals surface area contributed by atoms with E-state index in [9.17, 15) is 4.79 Å². The standard InChI is InChI=1S/C26H31N5O4/c1-5-14-31(15-16-33-3)21-12-10-19(11-13-21)29-26-27-18-23(34-4)25(30-26)35-22-9-7-8-20(17-22)28-24(32)6-2/h6-13,17-18H,2,5,14-16H2,1,3-4H3,(H,28,32)(H,27,29,30). The monoisotopic (exact) mass is 477 g/mol. The van der Waals surface area contributed by atoms with E-state index in [-0.39, 0.29) is 11.8 Å². The van der Waals surface area contributed by atoms with Crippen LogP contribution in [-0.2, 0) is 9.53 Å². The van der Waals surface area contributed by atoms with Gasteiger partial charge in [0.15, 0.2) is 5.75 Å². The second kappa shape index (κ2) is 13.0. The molecular formula is C26H31N5O4. The van der Waals surface area contributed by atoms with Crippen molar-refractivity contribution in [1.29, 1.82) is 0 Å². The molecule has 0 fully saturated rings. The summed E-state index contributed by atoms with van der Waals surface area (Å²) in [6, 6.07) is 15.0. The maximum Gasteiger partial charge on any atom is 0.267 e. The summed E-state index contributed by atoms with van der Waals surface area (Å²) in [5, 5.41) is 5.90. The third-order valence-electron chi connectivity index (χ3n) is 4.99. The maximum absolute atomic E-state index is 11.6. The predicted octanol–water partition coefficient (Wildman–Crippen LogP) is 5.01. The Morgan fingerprint density at radius 1 is 1.11 bits per heavy atom. The molecule has 0 unspecified atom stereocenters. The summed E-state index contributed by atoms with van der Waals surface area (Å²) in [6.45, 7) is 8.07. The van der Waals surface area contributed by atoms with E-state index in [2.05, 4.69) is 51.1 Å². The smallest absolute Gasteiger partial charge is 0.267 e. The number of carbonyl (C=O) groups excluding carboxylic acids is 1. The van der Waals surface area contributed by atoms with E-state index in [1.807, 2.05) is 12.1 Å². The van der Waals surface area contributed by atoms with Gasteiger partial charge >= 0.3 is 0 Å². The zero-order chi connectivity index (χ0) is 25.0. The van der Waals surface area contributed by atoms with Crippen molar-refractivity contribution in [2.24, 2.45) is 0 Å². The first-order chi connectivity index (χ1) is 17.1. The van der Waals surface area contributed by atoms with Gasteiger partial charge in [-0.15, -0.1) is 0 Å². The van der Waals surface area contributed by atoms with Crippen molar-refractivity contribution >= 4 is 28.9 Å². The SMILES string of the molecule is C=CC(=O)Nc1cccc(Oc2nc(Nc3ccc(N(CCC)CCOC)cc3)ncc2OC)c1. The van der Waals surface area contributed by atoms with Crippen LogP contribution in [0.4, 0.5) is 23.0 Å². The molecular weight excluding hydrogens is 446 g/mol. The summed E-state index contributed by atoms with van der Waals surface area (Å²) in [4.78, 5) is 22.7. The van der Waals surface area contributed by atoms with Crippen molar-refractivity contribution in [1.82, 2.24) is 9.97 Å². The molecule has 0 aliphatic heterocycles. The van der Waals surface area contributed by atoms with Gasteiger partial charge in [0.25, 0.3) is 5.88 Å². The van der Waals surface area contributed by atoms with Crippen molar-refractivity contribution in [3.8, 4) is 17.4 Å². The molecule has 3 aromatic rings. The second-order valence-electron chi connectivity index (χ2n) is 7.54. The van der Waals surface area contributed by atoms with E-state index in [1.54, 1.807) is 31.4 Å². The van der Waals surface area contributed by atoms with Gasteiger partial charge in [0, 0.05) is 43.3 Å². The maximum atomic E-state index is 11.6. The van der Waals surface area contributed by atoms with Gasteiger partial charge in [-0.1, -0.05) is 19.6 Å². The summed E-state index contributed by atoms with van der Waals surface area (Å²) >= 11 is 0. The van der Waals surface area contributed by atoms with E-state index in [0.717, 1.165) is 30.9 Å². The summed E-state index contributed by atoms with van der Waals surface area (Å²) in [6.07, 6.45) is 3.79. The lowest BCUT2D eigenvalue weighted by Gasteiger charge is -2.24. The van der Waals surface area contributed by atoms with E-state index >= 15 is 0 Å². The van der Waals surface area contributed by atoms with E-state index in [1.165, 1.54) is 19.4 Å². The van der Waals surface area contributed by atoms with Crippen LogP contribution in [0.25, 0.3) is 0 Å². The molecule has 0 bridgehead atoms. The van der Waals surface area contributed by atoms with Crippen LogP contribution >= 0.6 is 0 Å². The minimum absolute atomic E-state index is 0.238. The Balaban J connectivity index is 1.75. The Hall–Kier alpha value is -4.11. The fraction of sp³-hybridized carbons (Fsp3) is 0.269. The van der Waals surface area contributed by atoms with Crippen LogP contribution in [0.1, 0.15) is 13.3 Å². The van der Waals surface area contributed by atoms with Crippen LogP contribution in [0.5, 0.6) is 17.4 Å². The number of amides is 1. The Kier molecular flexibility index (Phi) is 9.44. The number of nitrogens with one attached hydrogen (secondary N) is 2. The Morgan fingerprint density at radius 3 is 2.60 bits per heavy atom. The van der Waals surface area contributed by atoms with Gasteiger partial charge in [-0.3, -0.25) is 4.79 Å². The lowest BCUT2D eigenvalue weighted by molar-refractivity contribution is -0.111. The quantitative estimate of drug-likeness (QED) is 0.332. The highest BCUT2D eigenvalue weighted by Gasteiger charge is 2.12. The summed E-state index contributed by atoms with van der Waals surface area (Å²) in [7, 11) is 3.23. The topological polar surface area (TPSA) is 97.8 Å². The molecule has 3 rings (SSSR count). The number of rotatable bonds is 13. The fourth-order valence-corrected chi connectivity index (χ4v) is 3.30. The average Bonchev–Trinajstić information content (AvgIpc) is 2.87. The number of nitrogens with zero attached hydrogens (tertiary/aromatic N) is 3. The number of carbonyl (C=O) groups is 1. The number of hydrogen-bond donors (Lipinski definition) is 2. The number of ether oxygens (including phenoxy) is 3. The molecule has 9 heteroatoms. The van der Waals surface area contributed by atoms with Crippen LogP contribution < -0.4 is 25.0 Å². The molecule has 184 valence electrons. The minimum Gasteiger partial charge on any atom is -0.490 e. The molecule has 0 saturated heterocycles. The minimum atomic E-state index is -0.309. The predicted molar refractivity (Wildman–Crippen MR) is 138 cm³/mol. The molecule has 0 aliphatic carbocycles. The third kappa shape index (κ3) is 7.44. The molecule has 1 aromatic heterocycles. The molecule has 9 nitrogen and oxygen atoms in total. The molecule has 0 radical (unpaired) electrons. The molecule has 0 aliphatic rings. The summed E-state index contributed by atoms with van der Waals surface area (Å²) in [5.74, 6) is 1.14. The lowest BCUT2D eigenvalue weighted by atomic mass is 10.2. The summed E-state index contributed by atoms with van der Waals surface area (Å²) in [5.41, 5.74) is 2.53. The van der Waals surface area contributed by atoms with Gasteiger partial charge < -0.3 is 29.7 Å². The van der Waals surface area contributed by atoms with E-state index in [0.29, 0.717) is 29.7 Å².